The normalized spacial score (nSPS) is 17.0. The standard InChI is InChI=1S/C23H33N5O4/c1-23(2,3)28-21(25-26-27-28)20(16-10-12-17(13-11-16)22(31)32-4)24-18(14-19(29)30)15-8-6-5-7-9-15/h10-13,15,18,20,24H,5-9,14H2,1-4H3,(H,29,30). The van der Waals surface area contributed by atoms with Crippen molar-refractivity contribution in [1.29, 1.82) is 0 Å². The lowest BCUT2D eigenvalue weighted by Crippen LogP contribution is -2.43. The van der Waals surface area contributed by atoms with Crippen LogP contribution in [0.15, 0.2) is 24.3 Å². The zero-order valence-electron chi connectivity index (χ0n) is 19.2. The maximum atomic E-state index is 11.9. The summed E-state index contributed by atoms with van der Waals surface area (Å²) < 4.78 is 6.57. The summed E-state index contributed by atoms with van der Waals surface area (Å²) in [5, 5.41) is 25.6. The molecule has 1 fully saturated rings. The number of hydrogen-bond acceptors (Lipinski definition) is 7. The summed E-state index contributed by atoms with van der Waals surface area (Å²) in [5.41, 5.74) is 0.932. The molecule has 2 N–H and O–H groups in total. The van der Waals surface area contributed by atoms with Crippen LogP contribution in [0, 0.1) is 5.92 Å². The summed E-state index contributed by atoms with van der Waals surface area (Å²) >= 11 is 0. The zero-order valence-corrected chi connectivity index (χ0v) is 19.2. The Bertz CT molecular complexity index is 913. The number of aliphatic carboxylic acids is 1. The van der Waals surface area contributed by atoms with Crippen LogP contribution in [-0.2, 0) is 15.1 Å². The van der Waals surface area contributed by atoms with Crippen molar-refractivity contribution < 1.29 is 19.4 Å². The van der Waals surface area contributed by atoms with Crippen LogP contribution in [0.25, 0.3) is 0 Å². The van der Waals surface area contributed by atoms with Crippen molar-refractivity contribution in [3.63, 3.8) is 0 Å². The van der Waals surface area contributed by atoms with Gasteiger partial charge in [0, 0.05) is 6.04 Å². The van der Waals surface area contributed by atoms with Gasteiger partial charge in [-0.2, -0.15) is 0 Å². The largest absolute Gasteiger partial charge is 0.481 e. The van der Waals surface area contributed by atoms with Gasteiger partial charge in [0.1, 0.15) is 0 Å². The zero-order chi connectivity index (χ0) is 23.3. The number of ether oxygens (including phenoxy) is 1. The third-order valence-corrected chi connectivity index (χ3v) is 6.05. The summed E-state index contributed by atoms with van der Waals surface area (Å²) in [5.74, 6) is -0.361. The Morgan fingerprint density at radius 2 is 1.84 bits per heavy atom. The molecule has 2 aromatic rings. The van der Waals surface area contributed by atoms with E-state index in [1.165, 1.54) is 13.5 Å². The maximum Gasteiger partial charge on any atom is 0.337 e. The molecule has 3 rings (SSSR count). The number of carbonyl (C=O) groups is 2. The van der Waals surface area contributed by atoms with Crippen molar-refractivity contribution >= 4 is 11.9 Å². The quantitative estimate of drug-likeness (QED) is 0.596. The highest BCUT2D eigenvalue weighted by Gasteiger charge is 2.33. The first kappa shape index (κ1) is 23.8. The van der Waals surface area contributed by atoms with Gasteiger partial charge in [-0.1, -0.05) is 31.4 Å². The van der Waals surface area contributed by atoms with Crippen molar-refractivity contribution in [3.05, 3.63) is 41.2 Å². The van der Waals surface area contributed by atoms with Crippen LogP contribution in [0.5, 0.6) is 0 Å². The summed E-state index contributed by atoms with van der Waals surface area (Å²) in [7, 11) is 1.35. The second kappa shape index (κ2) is 10.2. The van der Waals surface area contributed by atoms with Gasteiger partial charge in [0.05, 0.1) is 30.7 Å². The molecule has 1 aliphatic carbocycles. The molecule has 2 unspecified atom stereocenters. The number of carboxylic acids is 1. The number of benzene rings is 1. The first-order valence-corrected chi connectivity index (χ1v) is 11.2. The van der Waals surface area contributed by atoms with E-state index < -0.39 is 18.0 Å². The van der Waals surface area contributed by atoms with Gasteiger partial charge in [0.2, 0.25) is 0 Å². The van der Waals surface area contributed by atoms with Crippen LogP contribution in [0.4, 0.5) is 0 Å². The third-order valence-electron chi connectivity index (χ3n) is 6.05. The molecule has 32 heavy (non-hydrogen) atoms. The van der Waals surface area contributed by atoms with E-state index in [9.17, 15) is 14.7 Å². The number of methoxy groups -OCH3 is 1. The molecule has 0 spiro atoms. The molecule has 0 aliphatic heterocycles. The average Bonchev–Trinajstić information content (AvgIpc) is 3.27. The fraction of sp³-hybridized carbons (Fsp3) is 0.609. The molecule has 2 atom stereocenters. The topological polar surface area (TPSA) is 119 Å². The van der Waals surface area contributed by atoms with Crippen molar-refractivity contribution in [3.8, 4) is 0 Å². The van der Waals surface area contributed by atoms with E-state index in [1.54, 1.807) is 16.8 Å². The minimum Gasteiger partial charge on any atom is -0.481 e. The molecule has 1 saturated carbocycles. The molecule has 9 nitrogen and oxygen atoms in total. The van der Waals surface area contributed by atoms with Gasteiger partial charge in [-0.25, -0.2) is 9.48 Å². The Morgan fingerprint density at radius 3 is 2.41 bits per heavy atom. The van der Waals surface area contributed by atoms with Crippen molar-refractivity contribution in [2.75, 3.05) is 7.11 Å². The van der Waals surface area contributed by atoms with Crippen LogP contribution in [0.3, 0.4) is 0 Å². The number of rotatable bonds is 8. The van der Waals surface area contributed by atoms with Crippen molar-refractivity contribution in [1.82, 2.24) is 25.5 Å². The number of carbonyl (C=O) groups excluding carboxylic acids is 1. The third kappa shape index (κ3) is 5.70. The van der Waals surface area contributed by atoms with Gasteiger partial charge in [0.25, 0.3) is 0 Å². The molecule has 1 aromatic carbocycles. The molecule has 0 radical (unpaired) electrons. The lowest BCUT2D eigenvalue weighted by molar-refractivity contribution is -0.138. The summed E-state index contributed by atoms with van der Waals surface area (Å²) in [6.45, 7) is 6.04. The summed E-state index contributed by atoms with van der Waals surface area (Å²) in [6, 6.07) is 6.43. The second-order valence-electron chi connectivity index (χ2n) is 9.44. The number of carboxylic acid groups (broad SMARTS) is 1. The van der Waals surface area contributed by atoms with Gasteiger partial charge in [-0.3, -0.25) is 10.1 Å². The molecule has 0 saturated heterocycles. The van der Waals surface area contributed by atoms with Crippen molar-refractivity contribution in [2.24, 2.45) is 5.92 Å². The van der Waals surface area contributed by atoms with Gasteiger partial charge >= 0.3 is 11.9 Å². The van der Waals surface area contributed by atoms with E-state index in [-0.39, 0.29) is 23.9 Å². The lowest BCUT2D eigenvalue weighted by Gasteiger charge is -2.34. The van der Waals surface area contributed by atoms with E-state index in [4.69, 9.17) is 4.74 Å². The predicted octanol–water partition coefficient (Wildman–Crippen LogP) is 3.32. The molecule has 1 aliphatic rings. The van der Waals surface area contributed by atoms with Crippen molar-refractivity contribution in [2.45, 2.75) is 76.9 Å². The van der Waals surface area contributed by atoms with Crippen LogP contribution in [0.1, 0.15) is 87.1 Å². The average molecular weight is 444 g/mol. The Balaban J connectivity index is 2.00. The maximum absolute atomic E-state index is 11.9. The van der Waals surface area contributed by atoms with E-state index >= 15 is 0 Å². The summed E-state index contributed by atoms with van der Waals surface area (Å²) in [6.07, 6.45) is 5.45. The highest BCUT2D eigenvalue weighted by molar-refractivity contribution is 5.89. The van der Waals surface area contributed by atoms with Crippen LogP contribution >= 0.6 is 0 Å². The fourth-order valence-corrected chi connectivity index (χ4v) is 4.40. The van der Waals surface area contributed by atoms with Gasteiger partial charge in [-0.05, 0) is 67.7 Å². The Morgan fingerprint density at radius 1 is 1.19 bits per heavy atom. The molecule has 1 heterocycles. The van der Waals surface area contributed by atoms with E-state index in [0.29, 0.717) is 11.4 Å². The van der Waals surface area contributed by atoms with Crippen LogP contribution in [-0.4, -0.2) is 50.4 Å². The van der Waals surface area contributed by atoms with Crippen LogP contribution < -0.4 is 5.32 Å². The fourth-order valence-electron chi connectivity index (χ4n) is 4.40. The molecule has 0 amide bonds. The smallest absolute Gasteiger partial charge is 0.337 e. The first-order valence-electron chi connectivity index (χ1n) is 11.2. The predicted molar refractivity (Wildman–Crippen MR) is 118 cm³/mol. The number of esters is 1. The van der Waals surface area contributed by atoms with Gasteiger partial charge in [0.15, 0.2) is 5.82 Å². The number of hydrogen-bond donors (Lipinski definition) is 2. The minimum atomic E-state index is -0.830. The minimum absolute atomic E-state index is 0.0263. The lowest BCUT2D eigenvalue weighted by atomic mass is 9.82. The molecular weight excluding hydrogens is 410 g/mol. The molecule has 0 bridgehead atoms. The van der Waals surface area contributed by atoms with E-state index in [0.717, 1.165) is 31.2 Å². The molecular formula is C23H33N5O4. The van der Waals surface area contributed by atoms with Crippen LogP contribution in [0.2, 0.25) is 0 Å². The number of tetrazole rings is 1. The number of nitrogens with zero attached hydrogens (tertiary/aromatic N) is 4. The molecule has 9 heteroatoms. The monoisotopic (exact) mass is 443 g/mol. The van der Waals surface area contributed by atoms with Gasteiger partial charge < -0.3 is 9.84 Å². The Hall–Kier alpha value is -2.81. The summed E-state index contributed by atoms with van der Waals surface area (Å²) in [4.78, 5) is 23.6. The highest BCUT2D eigenvalue weighted by atomic mass is 16.5. The number of nitrogens with one attached hydrogen (secondary N) is 1. The SMILES string of the molecule is COC(=O)c1ccc(C(NC(CC(=O)O)C2CCCCC2)c2nnnn2C(C)(C)C)cc1. The number of aromatic nitrogens is 4. The van der Waals surface area contributed by atoms with E-state index in [1.807, 2.05) is 32.9 Å². The second-order valence-corrected chi connectivity index (χ2v) is 9.44. The molecule has 174 valence electrons. The Labute approximate surface area is 188 Å². The van der Waals surface area contributed by atoms with E-state index in [2.05, 4.69) is 20.8 Å². The Kier molecular flexibility index (Phi) is 7.60. The molecule has 1 aromatic heterocycles. The van der Waals surface area contributed by atoms with Gasteiger partial charge in [-0.15, -0.1) is 5.10 Å². The first-order chi connectivity index (χ1) is 15.2. The highest BCUT2D eigenvalue weighted by Crippen LogP contribution is 2.31.